The second-order valence-electron chi connectivity index (χ2n) is 5.85. The second-order valence-corrected chi connectivity index (χ2v) is 6.77. The molecule has 1 aliphatic rings. The number of nitrogens with zero attached hydrogens (tertiary/aromatic N) is 1. The molecule has 21 heavy (non-hydrogen) atoms. The molecule has 3 heteroatoms. The van der Waals surface area contributed by atoms with Crippen LogP contribution >= 0.6 is 15.9 Å². The highest BCUT2D eigenvalue weighted by Crippen LogP contribution is 2.32. The molecule has 1 saturated carbocycles. The molecule has 110 valence electrons. The number of pyridine rings is 1. The highest BCUT2D eigenvalue weighted by atomic mass is 79.9. The van der Waals surface area contributed by atoms with Crippen molar-refractivity contribution in [1.82, 2.24) is 10.3 Å². The van der Waals surface area contributed by atoms with Gasteiger partial charge in [-0.2, -0.15) is 0 Å². The van der Waals surface area contributed by atoms with Crippen LogP contribution in [0.2, 0.25) is 0 Å². The summed E-state index contributed by atoms with van der Waals surface area (Å²) in [7, 11) is 0. The first kappa shape index (κ1) is 14.7. The molecule has 2 aromatic rings. The summed E-state index contributed by atoms with van der Waals surface area (Å²) in [5.41, 5.74) is 2.75. The Morgan fingerprint density at radius 2 is 1.81 bits per heavy atom. The second kappa shape index (κ2) is 7.19. The predicted molar refractivity (Wildman–Crippen MR) is 90.2 cm³/mol. The van der Waals surface area contributed by atoms with E-state index in [0.717, 1.165) is 16.9 Å². The smallest absolute Gasteiger partial charge is 0.0410 e. The van der Waals surface area contributed by atoms with E-state index in [-0.39, 0.29) is 0 Å². The van der Waals surface area contributed by atoms with Crippen molar-refractivity contribution in [2.75, 3.05) is 0 Å². The Hall–Kier alpha value is -1.19. The highest BCUT2D eigenvalue weighted by Gasteiger charge is 2.21. The standard InChI is InChI=1S/C18H21BrN2/c19-17-10-14(11-20-13-17)12-21-18-8-6-16(7-9-18)15-4-2-1-3-5-15/h1-5,10-11,13,16,18,21H,6-9,12H2. The maximum absolute atomic E-state index is 4.21. The summed E-state index contributed by atoms with van der Waals surface area (Å²) < 4.78 is 1.05. The van der Waals surface area contributed by atoms with Crippen LogP contribution in [0.25, 0.3) is 0 Å². The van der Waals surface area contributed by atoms with E-state index in [9.17, 15) is 0 Å². The Labute approximate surface area is 135 Å². The average Bonchev–Trinajstić information content (AvgIpc) is 2.54. The number of aromatic nitrogens is 1. The number of hydrogen-bond acceptors (Lipinski definition) is 2. The Morgan fingerprint density at radius 3 is 2.52 bits per heavy atom. The molecular weight excluding hydrogens is 324 g/mol. The zero-order chi connectivity index (χ0) is 14.5. The first-order chi connectivity index (χ1) is 10.3. The van der Waals surface area contributed by atoms with Crippen molar-refractivity contribution in [3.8, 4) is 0 Å². The van der Waals surface area contributed by atoms with Crippen LogP contribution < -0.4 is 5.32 Å². The van der Waals surface area contributed by atoms with Crippen molar-refractivity contribution in [3.05, 3.63) is 64.4 Å². The van der Waals surface area contributed by atoms with E-state index in [0.29, 0.717) is 6.04 Å². The van der Waals surface area contributed by atoms with Crippen molar-refractivity contribution in [1.29, 1.82) is 0 Å². The van der Waals surface area contributed by atoms with Crippen LogP contribution in [0.5, 0.6) is 0 Å². The van der Waals surface area contributed by atoms with Crippen LogP contribution in [0.1, 0.15) is 42.7 Å². The van der Waals surface area contributed by atoms with E-state index >= 15 is 0 Å². The highest BCUT2D eigenvalue weighted by molar-refractivity contribution is 9.10. The van der Waals surface area contributed by atoms with Crippen molar-refractivity contribution < 1.29 is 0 Å². The summed E-state index contributed by atoms with van der Waals surface area (Å²) in [6, 6.07) is 13.7. The minimum absolute atomic E-state index is 0.643. The number of hydrogen-bond donors (Lipinski definition) is 1. The molecule has 0 radical (unpaired) electrons. The molecule has 1 aromatic carbocycles. The normalized spacial score (nSPS) is 22.1. The maximum Gasteiger partial charge on any atom is 0.0410 e. The summed E-state index contributed by atoms with van der Waals surface area (Å²) in [4.78, 5) is 4.21. The van der Waals surface area contributed by atoms with E-state index in [1.54, 1.807) is 0 Å². The first-order valence-corrected chi connectivity index (χ1v) is 8.48. The molecule has 3 rings (SSSR count). The number of rotatable bonds is 4. The van der Waals surface area contributed by atoms with Crippen LogP contribution in [0.3, 0.4) is 0 Å². The van der Waals surface area contributed by atoms with Gasteiger partial charge in [0.15, 0.2) is 0 Å². The molecular formula is C18H21BrN2. The van der Waals surface area contributed by atoms with Crippen LogP contribution in [0.4, 0.5) is 0 Å². The van der Waals surface area contributed by atoms with Gasteiger partial charge in [-0.1, -0.05) is 30.3 Å². The van der Waals surface area contributed by atoms with Gasteiger partial charge in [0.1, 0.15) is 0 Å². The molecule has 0 spiro atoms. The fourth-order valence-electron chi connectivity index (χ4n) is 3.17. The minimum Gasteiger partial charge on any atom is -0.310 e. The Kier molecular flexibility index (Phi) is 5.04. The van der Waals surface area contributed by atoms with E-state index in [1.165, 1.54) is 36.8 Å². The topological polar surface area (TPSA) is 24.9 Å². The minimum atomic E-state index is 0.643. The molecule has 1 aromatic heterocycles. The van der Waals surface area contributed by atoms with Gasteiger partial charge in [-0.15, -0.1) is 0 Å². The van der Waals surface area contributed by atoms with Crippen molar-refractivity contribution in [3.63, 3.8) is 0 Å². The van der Waals surface area contributed by atoms with Gasteiger partial charge in [-0.25, -0.2) is 0 Å². The lowest BCUT2D eigenvalue weighted by atomic mass is 9.82. The quantitative estimate of drug-likeness (QED) is 0.872. The molecule has 0 bridgehead atoms. The van der Waals surface area contributed by atoms with Crippen LogP contribution in [0.15, 0.2) is 53.3 Å². The molecule has 2 nitrogen and oxygen atoms in total. The molecule has 0 unspecified atom stereocenters. The molecule has 1 N–H and O–H groups in total. The van der Waals surface area contributed by atoms with Crippen molar-refractivity contribution >= 4 is 15.9 Å². The van der Waals surface area contributed by atoms with Gasteiger partial charge in [-0.05, 0) is 64.7 Å². The van der Waals surface area contributed by atoms with Crippen LogP contribution in [-0.2, 0) is 6.54 Å². The zero-order valence-electron chi connectivity index (χ0n) is 12.1. The van der Waals surface area contributed by atoms with Gasteiger partial charge in [0, 0.05) is 29.5 Å². The zero-order valence-corrected chi connectivity index (χ0v) is 13.7. The fraction of sp³-hybridized carbons (Fsp3) is 0.389. The van der Waals surface area contributed by atoms with E-state index in [2.05, 4.69) is 62.6 Å². The SMILES string of the molecule is Brc1cncc(CNC2CCC(c3ccccc3)CC2)c1. The van der Waals surface area contributed by atoms with Crippen molar-refractivity contribution in [2.24, 2.45) is 0 Å². The van der Waals surface area contributed by atoms with Gasteiger partial charge in [0.05, 0.1) is 0 Å². The van der Waals surface area contributed by atoms with E-state index < -0.39 is 0 Å². The third-order valence-corrected chi connectivity index (χ3v) is 4.79. The van der Waals surface area contributed by atoms with Gasteiger partial charge < -0.3 is 5.32 Å². The largest absolute Gasteiger partial charge is 0.310 e. The van der Waals surface area contributed by atoms with Gasteiger partial charge in [0.2, 0.25) is 0 Å². The summed E-state index contributed by atoms with van der Waals surface area (Å²) in [5, 5.41) is 3.68. The monoisotopic (exact) mass is 344 g/mol. The molecule has 1 aliphatic carbocycles. The van der Waals surface area contributed by atoms with Crippen LogP contribution in [-0.4, -0.2) is 11.0 Å². The molecule has 1 heterocycles. The number of nitrogens with one attached hydrogen (secondary N) is 1. The van der Waals surface area contributed by atoms with Gasteiger partial charge >= 0.3 is 0 Å². The van der Waals surface area contributed by atoms with Crippen molar-refractivity contribution in [2.45, 2.75) is 44.2 Å². The Bertz CT molecular complexity index is 562. The van der Waals surface area contributed by atoms with Gasteiger partial charge in [-0.3, -0.25) is 4.98 Å². The summed E-state index contributed by atoms with van der Waals surface area (Å²) in [5.74, 6) is 0.747. The average molecular weight is 345 g/mol. The van der Waals surface area contributed by atoms with E-state index in [4.69, 9.17) is 0 Å². The maximum atomic E-state index is 4.21. The lowest BCUT2D eigenvalue weighted by molar-refractivity contribution is 0.341. The lowest BCUT2D eigenvalue weighted by Crippen LogP contribution is -2.32. The Morgan fingerprint density at radius 1 is 1.05 bits per heavy atom. The predicted octanol–water partition coefficient (Wildman–Crippen LogP) is 4.66. The third kappa shape index (κ3) is 4.14. The van der Waals surface area contributed by atoms with Gasteiger partial charge in [0.25, 0.3) is 0 Å². The first-order valence-electron chi connectivity index (χ1n) is 7.69. The molecule has 0 aliphatic heterocycles. The fourth-order valence-corrected chi connectivity index (χ4v) is 3.58. The van der Waals surface area contributed by atoms with E-state index in [1.807, 2.05) is 12.4 Å². The van der Waals surface area contributed by atoms with Crippen LogP contribution in [0, 0.1) is 0 Å². The summed E-state index contributed by atoms with van der Waals surface area (Å²) in [6.45, 7) is 0.910. The molecule has 1 fully saturated rings. The molecule has 0 amide bonds. The molecule has 0 saturated heterocycles. The molecule has 0 atom stereocenters. The number of benzene rings is 1. The number of halogens is 1. The summed E-state index contributed by atoms with van der Waals surface area (Å²) in [6.07, 6.45) is 8.88. The lowest BCUT2D eigenvalue weighted by Gasteiger charge is -2.29. The Balaban J connectivity index is 1.48. The third-order valence-electron chi connectivity index (χ3n) is 4.35. The summed E-state index contributed by atoms with van der Waals surface area (Å²) >= 11 is 3.47.